The molecular formula is C18H15Cl2N3O. The molecule has 0 amide bonds. The van der Waals surface area contributed by atoms with Crippen LogP contribution in [0.1, 0.15) is 11.3 Å². The van der Waals surface area contributed by atoms with E-state index < -0.39 is 0 Å². The van der Waals surface area contributed by atoms with Gasteiger partial charge in [0.1, 0.15) is 5.76 Å². The molecule has 0 atom stereocenters. The molecule has 1 aromatic heterocycles. The highest BCUT2D eigenvalue weighted by atomic mass is 35.5. The first-order valence-electron chi connectivity index (χ1n) is 7.23. The predicted octanol–water partition coefficient (Wildman–Crippen LogP) is 4.74. The molecule has 0 saturated heterocycles. The average molecular weight is 360 g/mol. The molecule has 0 saturated carbocycles. The maximum absolute atomic E-state index is 6.01. The van der Waals surface area contributed by atoms with E-state index in [1.807, 2.05) is 36.4 Å². The van der Waals surface area contributed by atoms with E-state index in [9.17, 15) is 0 Å². The molecule has 0 spiro atoms. The van der Waals surface area contributed by atoms with Gasteiger partial charge in [0.15, 0.2) is 11.6 Å². The second kappa shape index (κ2) is 6.99. The van der Waals surface area contributed by atoms with Crippen LogP contribution in [0.5, 0.6) is 0 Å². The zero-order valence-electron chi connectivity index (χ0n) is 12.7. The quantitative estimate of drug-likeness (QED) is 0.401. The number of nitrogens with two attached hydrogens (primary N) is 2. The minimum atomic E-state index is 0.307. The van der Waals surface area contributed by atoms with Crippen LogP contribution in [-0.4, -0.2) is 5.84 Å². The standard InChI is InChI=1S/C18H15Cl2N3O/c19-13-6-5-11(9-14(13)20)10-23-18(22)17-8-7-16(24-17)12-3-1-2-4-15(12)21/h1-9H,10,21H2,(H2,22,23). The number of amidine groups is 1. The fourth-order valence-electron chi connectivity index (χ4n) is 2.23. The van der Waals surface area contributed by atoms with Crippen LogP contribution < -0.4 is 11.5 Å². The summed E-state index contributed by atoms with van der Waals surface area (Å²) in [6.45, 7) is 0.381. The van der Waals surface area contributed by atoms with Crippen molar-refractivity contribution in [2.24, 2.45) is 10.7 Å². The average Bonchev–Trinajstić information content (AvgIpc) is 3.06. The van der Waals surface area contributed by atoms with Crippen molar-refractivity contribution in [2.75, 3.05) is 5.73 Å². The summed E-state index contributed by atoms with van der Waals surface area (Å²) in [5.74, 6) is 1.45. The number of nitrogens with zero attached hydrogens (tertiary/aromatic N) is 1. The first kappa shape index (κ1) is 16.4. The van der Waals surface area contributed by atoms with Gasteiger partial charge in [-0.15, -0.1) is 0 Å². The number of furan rings is 1. The number of benzene rings is 2. The van der Waals surface area contributed by atoms with E-state index >= 15 is 0 Å². The minimum absolute atomic E-state index is 0.307. The van der Waals surface area contributed by atoms with Crippen molar-refractivity contribution in [3.8, 4) is 11.3 Å². The molecular weight excluding hydrogens is 345 g/mol. The van der Waals surface area contributed by atoms with Crippen LogP contribution in [0, 0.1) is 0 Å². The van der Waals surface area contributed by atoms with Gasteiger partial charge in [0.25, 0.3) is 0 Å². The summed E-state index contributed by atoms with van der Waals surface area (Å²) >= 11 is 11.9. The van der Waals surface area contributed by atoms with Crippen molar-refractivity contribution in [2.45, 2.75) is 6.54 Å². The second-order valence-electron chi connectivity index (χ2n) is 5.20. The molecule has 0 aliphatic rings. The van der Waals surface area contributed by atoms with E-state index in [0.717, 1.165) is 11.1 Å². The third kappa shape index (κ3) is 3.55. The Morgan fingerprint density at radius 2 is 1.79 bits per heavy atom. The van der Waals surface area contributed by atoms with Gasteiger partial charge in [0.05, 0.1) is 16.6 Å². The number of para-hydroxylation sites is 1. The first-order chi connectivity index (χ1) is 11.5. The van der Waals surface area contributed by atoms with Crippen LogP contribution in [0.2, 0.25) is 10.0 Å². The monoisotopic (exact) mass is 359 g/mol. The Labute approximate surface area is 149 Å². The summed E-state index contributed by atoms with van der Waals surface area (Å²) in [4.78, 5) is 4.33. The summed E-state index contributed by atoms with van der Waals surface area (Å²) in [6.07, 6.45) is 0. The predicted molar refractivity (Wildman–Crippen MR) is 99.4 cm³/mol. The summed E-state index contributed by atoms with van der Waals surface area (Å²) in [6, 6.07) is 16.4. The van der Waals surface area contributed by atoms with Crippen molar-refractivity contribution in [3.05, 3.63) is 76.0 Å². The molecule has 6 heteroatoms. The summed E-state index contributed by atoms with van der Waals surface area (Å²) < 4.78 is 5.76. The molecule has 3 aromatic rings. The Kier molecular flexibility index (Phi) is 4.79. The van der Waals surface area contributed by atoms with Crippen molar-refractivity contribution in [3.63, 3.8) is 0 Å². The number of halogens is 2. The van der Waals surface area contributed by atoms with Crippen molar-refractivity contribution in [1.29, 1.82) is 0 Å². The lowest BCUT2D eigenvalue weighted by atomic mass is 10.1. The summed E-state index contributed by atoms with van der Waals surface area (Å²) in [7, 11) is 0. The summed E-state index contributed by atoms with van der Waals surface area (Å²) in [5, 5.41) is 0.997. The Bertz CT molecular complexity index is 903. The van der Waals surface area contributed by atoms with Gasteiger partial charge in [0.2, 0.25) is 0 Å². The van der Waals surface area contributed by atoms with Gasteiger partial charge in [-0.25, -0.2) is 0 Å². The largest absolute Gasteiger partial charge is 0.453 e. The highest BCUT2D eigenvalue weighted by molar-refractivity contribution is 6.42. The van der Waals surface area contributed by atoms with Gasteiger partial charge in [-0.05, 0) is 42.0 Å². The number of hydrogen-bond acceptors (Lipinski definition) is 3. The fraction of sp³-hybridized carbons (Fsp3) is 0.0556. The number of hydrogen-bond donors (Lipinski definition) is 2. The van der Waals surface area contributed by atoms with Crippen LogP contribution in [0.4, 0.5) is 5.69 Å². The molecule has 2 aromatic carbocycles. The van der Waals surface area contributed by atoms with Gasteiger partial charge in [-0.1, -0.05) is 41.4 Å². The summed E-state index contributed by atoms with van der Waals surface area (Å²) in [5.41, 5.74) is 14.3. The van der Waals surface area contributed by atoms with E-state index in [4.69, 9.17) is 39.1 Å². The molecule has 0 aliphatic carbocycles. The molecule has 4 N–H and O–H groups in total. The van der Waals surface area contributed by atoms with Crippen LogP contribution in [0.25, 0.3) is 11.3 Å². The van der Waals surface area contributed by atoms with Crippen LogP contribution in [-0.2, 0) is 6.54 Å². The normalized spacial score (nSPS) is 11.7. The number of nitrogen functional groups attached to an aromatic ring is 1. The van der Waals surface area contributed by atoms with Crippen molar-refractivity contribution < 1.29 is 4.42 Å². The smallest absolute Gasteiger partial charge is 0.169 e. The van der Waals surface area contributed by atoms with Crippen LogP contribution in [0.15, 0.2) is 64.0 Å². The molecule has 4 nitrogen and oxygen atoms in total. The molecule has 0 fully saturated rings. The zero-order valence-corrected chi connectivity index (χ0v) is 14.2. The molecule has 0 aliphatic heterocycles. The molecule has 122 valence electrons. The second-order valence-corrected chi connectivity index (χ2v) is 6.02. The van der Waals surface area contributed by atoms with E-state index in [1.54, 1.807) is 18.2 Å². The zero-order chi connectivity index (χ0) is 17.1. The Hall–Kier alpha value is -2.43. The maximum atomic E-state index is 6.01. The van der Waals surface area contributed by atoms with E-state index in [2.05, 4.69) is 4.99 Å². The molecule has 0 bridgehead atoms. The maximum Gasteiger partial charge on any atom is 0.169 e. The Morgan fingerprint density at radius 1 is 1.00 bits per heavy atom. The van der Waals surface area contributed by atoms with Gasteiger partial charge in [-0.3, -0.25) is 4.99 Å². The lowest BCUT2D eigenvalue weighted by Gasteiger charge is -2.02. The van der Waals surface area contributed by atoms with E-state index in [0.29, 0.717) is 39.6 Å². The van der Waals surface area contributed by atoms with Gasteiger partial charge in [0, 0.05) is 11.3 Å². The molecule has 24 heavy (non-hydrogen) atoms. The lowest BCUT2D eigenvalue weighted by molar-refractivity contribution is 0.571. The molecule has 0 radical (unpaired) electrons. The first-order valence-corrected chi connectivity index (χ1v) is 7.99. The SMILES string of the molecule is NC(=NCc1ccc(Cl)c(Cl)c1)c1ccc(-c2ccccc2N)o1. The third-order valence-electron chi connectivity index (χ3n) is 3.50. The molecule has 3 rings (SSSR count). The highest BCUT2D eigenvalue weighted by Gasteiger charge is 2.10. The highest BCUT2D eigenvalue weighted by Crippen LogP contribution is 2.27. The van der Waals surface area contributed by atoms with Gasteiger partial charge < -0.3 is 15.9 Å². The van der Waals surface area contributed by atoms with Crippen molar-refractivity contribution in [1.82, 2.24) is 0 Å². The number of aliphatic imine (C=N–C) groups is 1. The van der Waals surface area contributed by atoms with E-state index in [-0.39, 0.29) is 0 Å². The Balaban J connectivity index is 1.79. The third-order valence-corrected chi connectivity index (χ3v) is 4.24. The van der Waals surface area contributed by atoms with Gasteiger partial charge >= 0.3 is 0 Å². The lowest BCUT2D eigenvalue weighted by Crippen LogP contribution is -2.12. The molecule has 0 unspecified atom stereocenters. The van der Waals surface area contributed by atoms with Gasteiger partial charge in [-0.2, -0.15) is 0 Å². The topological polar surface area (TPSA) is 77.5 Å². The van der Waals surface area contributed by atoms with E-state index in [1.165, 1.54) is 0 Å². The number of anilines is 1. The van der Waals surface area contributed by atoms with Crippen molar-refractivity contribution >= 4 is 34.7 Å². The molecule has 1 heterocycles. The number of rotatable bonds is 4. The minimum Gasteiger partial charge on any atom is -0.453 e. The Morgan fingerprint density at radius 3 is 2.54 bits per heavy atom. The van der Waals surface area contributed by atoms with Crippen LogP contribution in [0.3, 0.4) is 0 Å². The fourth-order valence-corrected chi connectivity index (χ4v) is 2.55. The van der Waals surface area contributed by atoms with Crippen LogP contribution >= 0.6 is 23.2 Å².